The molecule has 5 nitrogen and oxygen atoms in total. The summed E-state index contributed by atoms with van der Waals surface area (Å²) in [5.74, 6) is 0. The van der Waals surface area contributed by atoms with Gasteiger partial charge in [0.15, 0.2) is 0 Å². The Morgan fingerprint density at radius 2 is 2.33 bits per heavy atom. The van der Waals surface area contributed by atoms with Crippen molar-refractivity contribution in [3.8, 4) is 0 Å². The maximum atomic E-state index is 11.4. The number of nitrogens with zero attached hydrogens (tertiary/aromatic N) is 1. The Morgan fingerprint density at radius 1 is 1.53 bits per heavy atom. The normalized spacial score (nSPS) is 27.4. The molecule has 2 rings (SSSR count). The second-order valence-corrected chi connectivity index (χ2v) is 4.47. The molecule has 1 heterocycles. The van der Waals surface area contributed by atoms with Gasteiger partial charge in [0.2, 0.25) is 0 Å². The minimum atomic E-state index is -0.0172. The second kappa shape index (κ2) is 4.81. The predicted octanol–water partition coefficient (Wildman–Crippen LogP) is -0.648. The monoisotopic (exact) mass is 212 g/mol. The molecule has 1 unspecified atom stereocenters. The van der Waals surface area contributed by atoms with Gasteiger partial charge in [-0.15, -0.1) is 0 Å². The molecule has 1 atom stereocenters. The van der Waals surface area contributed by atoms with Crippen LogP contribution in [0.15, 0.2) is 0 Å². The molecule has 0 radical (unpaired) electrons. The Labute approximate surface area is 90.6 Å². The van der Waals surface area contributed by atoms with Crippen LogP contribution in [0, 0.1) is 0 Å². The highest BCUT2D eigenvalue weighted by Crippen LogP contribution is 2.18. The van der Waals surface area contributed by atoms with Gasteiger partial charge in [-0.05, 0) is 19.9 Å². The first-order valence-electron chi connectivity index (χ1n) is 5.71. The zero-order valence-electron chi connectivity index (χ0n) is 9.25. The van der Waals surface area contributed by atoms with Gasteiger partial charge in [0.25, 0.3) is 0 Å². The highest BCUT2D eigenvalue weighted by atomic mass is 16.2. The summed E-state index contributed by atoms with van der Waals surface area (Å²) >= 11 is 0. The van der Waals surface area contributed by atoms with Crippen LogP contribution in [0.25, 0.3) is 0 Å². The van der Waals surface area contributed by atoms with Gasteiger partial charge in [-0.3, -0.25) is 4.90 Å². The van der Waals surface area contributed by atoms with E-state index in [9.17, 15) is 4.79 Å². The lowest BCUT2D eigenvalue weighted by Crippen LogP contribution is -2.54. The molecule has 1 saturated heterocycles. The van der Waals surface area contributed by atoms with Crippen LogP contribution >= 0.6 is 0 Å². The summed E-state index contributed by atoms with van der Waals surface area (Å²) in [5.41, 5.74) is 0. The average molecular weight is 212 g/mol. The van der Waals surface area contributed by atoms with Crippen molar-refractivity contribution in [1.82, 2.24) is 20.9 Å². The maximum Gasteiger partial charge on any atom is 0.315 e. The molecule has 0 aromatic rings. The van der Waals surface area contributed by atoms with Gasteiger partial charge >= 0.3 is 6.03 Å². The van der Waals surface area contributed by atoms with Gasteiger partial charge in [0.05, 0.1) is 0 Å². The molecule has 2 amide bonds. The minimum absolute atomic E-state index is 0.0172. The molecule has 1 aliphatic heterocycles. The highest BCUT2D eigenvalue weighted by Gasteiger charge is 2.24. The molecule has 2 aliphatic rings. The fourth-order valence-corrected chi connectivity index (χ4v) is 1.77. The van der Waals surface area contributed by atoms with Crippen molar-refractivity contribution in [2.45, 2.75) is 24.9 Å². The van der Waals surface area contributed by atoms with Crippen molar-refractivity contribution in [1.29, 1.82) is 0 Å². The molecular weight excluding hydrogens is 192 g/mol. The van der Waals surface area contributed by atoms with Crippen molar-refractivity contribution < 1.29 is 4.79 Å². The summed E-state index contributed by atoms with van der Waals surface area (Å²) in [7, 11) is 2.10. The van der Waals surface area contributed by atoms with E-state index in [1.165, 1.54) is 0 Å². The molecule has 3 N–H and O–H groups in total. The summed E-state index contributed by atoms with van der Waals surface area (Å²) in [6.07, 6.45) is 2.27. The third-order valence-corrected chi connectivity index (χ3v) is 3.06. The summed E-state index contributed by atoms with van der Waals surface area (Å²) in [6.45, 7) is 3.78. The van der Waals surface area contributed by atoms with Gasteiger partial charge in [-0.25, -0.2) is 4.79 Å². The lowest BCUT2D eigenvalue weighted by Gasteiger charge is -2.33. The number of carbonyl (C=O) groups is 1. The smallest absolute Gasteiger partial charge is 0.315 e. The minimum Gasteiger partial charge on any atom is -0.337 e. The standard InChI is InChI=1S/C10H20N4O/c1-14-5-4-11-6-9(14)7-12-10(15)13-8-2-3-8/h8-9,11H,2-7H2,1H3,(H2,12,13,15). The molecule has 1 saturated carbocycles. The van der Waals surface area contributed by atoms with Crippen LogP contribution in [0.4, 0.5) is 4.79 Å². The lowest BCUT2D eigenvalue weighted by atomic mass is 10.2. The Hall–Kier alpha value is -0.810. The highest BCUT2D eigenvalue weighted by molar-refractivity contribution is 5.74. The quantitative estimate of drug-likeness (QED) is 0.583. The van der Waals surface area contributed by atoms with E-state index in [0.717, 1.165) is 39.0 Å². The van der Waals surface area contributed by atoms with E-state index in [-0.39, 0.29) is 6.03 Å². The third-order valence-electron chi connectivity index (χ3n) is 3.06. The first-order chi connectivity index (χ1) is 7.25. The fraction of sp³-hybridized carbons (Fsp3) is 0.900. The first kappa shape index (κ1) is 10.7. The van der Waals surface area contributed by atoms with Gasteiger partial charge in [-0.1, -0.05) is 0 Å². The van der Waals surface area contributed by atoms with Crippen molar-refractivity contribution >= 4 is 6.03 Å². The van der Waals surface area contributed by atoms with E-state index in [1.54, 1.807) is 0 Å². The van der Waals surface area contributed by atoms with Crippen LogP contribution in [0.3, 0.4) is 0 Å². The molecule has 1 aliphatic carbocycles. The van der Waals surface area contributed by atoms with Crippen LogP contribution in [0.2, 0.25) is 0 Å². The number of hydrogen-bond donors (Lipinski definition) is 3. The molecular formula is C10H20N4O. The number of piperazine rings is 1. The second-order valence-electron chi connectivity index (χ2n) is 4.47. The van der Waals surface area contributed by atoms with Crippen LogP contribution in [0.5, 0.6) is 0 Å². The summed E-state index contributed by atoms with van der Waals surface area (Å²) < 4.78 is 0. The summed E-state index contributed by atoms with van der Waals surface area (Å²) in [5, 5.41) is 9.17. The number of hydrogen-bond acceptors (Lipinski definition) is 3. The molecule has 2 fully saturated rings. The zero-order valence-corrected chi connectivity index (χ0v) is 9.25. The molecule has 0 aromatic heterocycles. The van der Waals surface area contributed by atoms with E-state index >= 15 is 0 Å². The lowest BCUT2D eigenvalue weighted by molar-refractivity contribution is 0.192. The Bertz CT molecular complexity index is 229. The summed E-state index contributed by atoms with van der Waals surface area (Å²) in [6, 6.07) is 0.840. The molecule has 15 heavy (non-hydrogen) atoms. The van der Waals surface area contributed by atoms with Crippen LogP contribution in [-0.4, -0.2) is 56.2 Å². The number of nitrogens with one attached hydrogen (secondary N) is 3. The van der Waals surface area contributed by atoms with Crippen LogP contribution < -0.4 is 16.0 Å². The molecule has 0 aromatic carbocycles. The van der Waals surface area contributed by atoms with E-state index < -0.39 is 0 Å². The Balaban J connectivity index is 1.64. The van der Waals surface area contributed by atoms with Crippen molar-refractivity contribution in [2.24, 2.45) is 0 Å². The predicted molar refractivity (Wildman–Crippen MR) is 58.8 cm³/mol. The van der Waals surface area contributed by atoms with E-state index in [4.69, 9.17) is 0 Å². The van der Waals surface area contributed by atoms with E-state index in [1.807, 2.05) is 0 Å². The number of urea groups is 1. The SMILES string of the molecule is CN1CCNCC1CNC(=O)NC1CC1. The van der Waals surface area contributed by atoms with Gasteiger partial charge in [0, 0.05) is 38.3 Å². The topological polar surface area (TPSA) is 56.4 Å². The van der Waals surface area contributed by atoms with E-state index in [0.29, 0.717) is 12.1 Å². The van der Waals surface area contributed by atoms with Crippen molar-refractivity contribution in [3.05, 3.63) is 0 Å². The van der Waals surface area contributed by atoms with Gasteiger partial charge in [0.1, 0.15) is 0 Å². The number of rotatable bonds is 3. The van der Waals surface area contributed by atoms with Crippen LogP contribution in [0.1, 0.15) is 12.8 Å². The molecule has 86 valence electrons. The number of carbonyl (C=O) groups excluding carboxylic acids is 1. The van der Waals surface area contributed by atoms with E-state index in [2.05, 4.69) is 27.9 Å². The van der Waals surface area contributed by atoms with Crippen LogP contribution in [-0.2, 0) is 0 Å². The molecule has 0 spiro atoms. The number of likely N-dealkylation sites (N-methyl/N-ethyl adjacent to an activating group) is 1. The Kier molecular flexibility index (Phi) is 3.43. The largest absolute Gasteiger partial charge is 0.337 e. The maximum absolute atomic E-state index is 11.4. The van der Waals surface area contributed by atoms with Crippen molar-refractivity contribution in [3.63, 3.8) is 0 Å². The van der Waals surface area contributed by atoms with Gasteiger partial charge < -0.3 is 16.0 Å². The molecule has 5 heteroatoms. The average Bonchev–Trinajstić information content (AvgIpc) is 3.00. The zero-order chi connectivity index (χ0) is 10.7. The van der Waals surface area contributed by atoms with Gasteiger partial charge in [-0.2, -0.15) is 0 Å². The Morgan fingerprint density at radius 3 is 3.00 bits per heavy atom. The molecule has 0 bridgehead atoms. The summed E-state index contributed by atoms with van der Waals surface area (Å²) in [4.78, 5) is 13.7. The first-order valence-corrected chi connectivity index (χ1v) is 5.71. The fourth-order valence-electron chi connectivity index (χ4n) is 1.77. The van der Waals surface area contributed by atoms with Crippen molar-refractivity contribution in [2.75, 3.05) is 33.2 Å². The third kappa shape index (κ3) is 3.35. The number of amides is 2.